The second-order valence-electron chi connectivity index (χ2n) is 5.44. The van der Waals surface area contributed by atoms with E-state index in [2.05, 4.69) is 10.3 Å². The lowest BCUT2D eigenvalue weighted by molar-refractivity contribution is -0.384. The van der Waals surface area contributed by atoms with E-state index in [1.54, 1.807) is 27.5 Å². The van der Waals surface area contributed by atoms with E-state index in [9.17, 15) is 19.7 Å². The maximum atomic E-state index is 12.1. The Kier molecular flexibility index (Phi) is 5.24. The number of carbonyl (C=O) groups excluding carboxylic acids is 1. The zero-order valence-electron chi connectivity index (χ0n) is 13.7. The third-order valence-electron chi connectivity index (χ3n) is 3.64. The van der Waals surface area contributed by atoms with Gasteiger partial charge in [0.1, 0.15) is 0 Å². The highest BCUT2D eigenvalue weighted by Crippen LogP contribution is 2.27. The normalized spacial score (nSPS) is 10.7. The summed E-state index contributed by atoms with van der Waals surface area (Å²) >= 11 is 2.35. The van der Waals surface area contributed by atoms with E-state index in [-0.39, 0.29) is 22.9 Å². The van der Waals surface area contributed by atoms with Crippen molar-refractivity contribution in [1.29, 1.82) is 0 Å². The first-order chi connectivity index (χ1) is 12.4. The molecule has 0 aliphatic rings. The highest BCUT2D eigenvalue weighted by Gasteiger charge is 2.12. The van der Waals surface area contributed by atoms with Crippen molar-refractivity contribution in [2.75, 3.05) is 5.32 Å². The average Bonchev–Trinajstić information content (AvgIpc) is 3.20. The van der Waals surface area contributed by atoms with E-state index >= 15 is 0 Å². The quantitative estimate of drug-likeness (QED) is 0.513. The van der Waals surface area contributed by atoms with Gasteiger partial charge in [0.25, 0.3) is 5.69 Å². The fourth-order valence-electron chi connectivity index (χ4n) is 2.31. The Morgan fingerprint density at radius 3 is 2.85 bits per heavy atom. The highest BCUT2D eigenvalue weighted by molar-refractivity contribution is 7.14. The number of aryl methyl sites for hydroxylation is 1. The Hall–Kier alpha value is -2.85. The Morgan fingerprint density at radius 2 is 2.15 bits per heavy atom. The summed E-state index contributed by atoms with van der Waals surface area (Å²) in [6.07, 6.45) is 0.156. The molecule has 0 atom stereocenters. The summed E-state index contributed by atoms with van der Waals surface area (Å²) in [4.78, 5) is 38.3. The van der Waals surface area contributed by atoms with Gasteiger partial charge in [0, 0.05) is 47.1 Å². The van der Waals surface area contributed by atoms with Crippen molar-refractivity contribution in [2.45, 2.75) is 19.9 Å². The molecule has 3 aromatic rings. The Labute approximate surface area is 155 Å². The summed E-state index contributed by atoms with van der Waals surface area (Å²) in [6.45, 7) is 2.13. The van der Waals surface area contributed by atoms with Crippen molar-refractivity contribution in [3.8, 4) is 11.3 Å². The van der Waals surface area contributed by atoms with Crippen molar-refractivity contribution in [3.05, 3.63) is 60.5 Å². The first kappa shape index (κ1) is 18.0. The number of carbonyl (C=O) groups is 1. The zero-order valence-corrected chi connectivity index (χ0v) is 15.3. The number of thiazole rings is 2. The van der Waals surface area contributed by atoms with Gasteiger partial charge in [0.15, 0.2) is 5.13 Å². The molecule has 2 aromatic heterocycles. The minimum absolute atomic E-state index is 0.0161. The number of benzene rings is 1. The predicted molar refractivity (Wildman–Crippen MR) is 101 cm³/mol. The van der Waals surface area contributed by atoms with Gasteiger partial charge in [0.2, 0.25) is 5.91 Å². The Bertz CT molecular complexity index is 1020. The number of aromatic nitrogens is 2. The molecular weight excluding hydrogens is 376 g/mol. The van der Waals surface area contributed by atoms with Gasteiger partial charge < -0.3 is 9.88 Å². The minimum atomic E-state index is -0.465. The molecule has 10 heteroatoms. The SMILES string of the molecule is Cc1csc(=O)n1CCC(=O)Nc1nc(-c2cccc([N+](=O)[O-])c2)cs1. The molecule has 26 heavy (non-hydrogen) atoms. The van der Waals surface area contributed by atoms with Crippen LogP contribution in [-0.2, 0) is 11.3 Å². The van der Waals surface area contributed by atoms with E-state index in [4.69, 9.17) is 0 Å². The van der Waals surface area contributed by atoms with Gasteiger partial charge in [-0.05, 0) is 6.92 Å². The lowest BCUT2D eigenvalue weighted by Crippen LogP contribution is -2.20. The van der Waals surface area contributed by atoms with Crippen LogP contribution in [0.15, 0.2) is 39.8 Å². The second kappa shape index (κ2) is 7.58. The number of nitrogens with zero attached hydrogens (tertiary/aromatic N) is 3. The van der Waals surface area contributed by atoms with Gasteiger partial charge in [-0.15, -0.1) is 11.3 Å². The fourth-order valence-corrected chi connectivity index (χ4v) is 3.81. The van der Waals surface area contributed by atoms with Crippen molar-refractivity contribution >= 4 is 39.4 Å². The number of anilines is 1. The van der Waals surface area contributed by atoms with Crippen LogP contribution in [0.2, 0.25) is 0 Å². The van der Waals surface area contributed by atoms with Crippen LogP contribution in [0.5, 0.6) is 0 Å². The second-order valence-corrected chi connectivity index (χ2v) is 7.12. The Balaban J connectivity index is 1.65. The number of hydrogen-bond acceptors (Lipinski definition) is 7. The molecule has 0 saturated carbocycles. The lowest BCUT2D eigenvalue weighted by Gasteiger charge is -2.04. The van der Waals surface area contributed by atoms with Crippen LogP contribution < -0.4 is 10.2 Å². The highest BCUT2D eigenvalue weighted by atomic mass is 32.1. The molecule has 2 heterocycles. The predicted octanol–water partition coefficient (Wildman–Crippen LogP) is 3.28. The average molecular weight is 390 g/mol. The molecular formula is C16H14N4O4S2. The van der Waals surface area contributed by atoms with E-state index in [1.807, 2.05) is 6.92 Å². The van der Waals surface area contributed by atoms with Crippen LogP contribution >= 0.6 is 22.7 Å². The van der Waals surface area contributed by atoms with Crippen molar-refractivity contribution in [1.82, 2.24) is 9.55 Å². The largest absolute Gasteiger partial charge is 0.307 e. The number of nitrogens with one attached hydrogen (secondary N) is 1. The minimum Gasteiger partial charge on any atom is -0.303 e. The van der Waals surface area contributed by atoms with Crippen molar-refractivity contribution in [2.24, 2.45) is 0 Å². The molecule has 1 amide bonds. The molecule has 1 aromatic carbocycles. The monoisotopic (exact) mass is 390 g/mol. The fraction of sp³-hybridized carbons (Fsp3) is 0.188. The van der Waals surface area contributed by atoms with Gasteiger partial charge in [0.05, 0.1) is 10.6 Å². The van der Waals surface area contributed by atoms with Gasteiger partial charge >= 0.3 is 4.87 Å². The number of non-ortho nitro benzene ring substituents is 1. The van der Waals surface area contributed by atoms with Crippen LogP contribution in [0.4, 0.5) is 10.8 Å². The van der Waals surface area contributed by atoms with Crippen LogP contribution in [0.3, 0.4) is 0 Å². The third kappa shape index (κ3) is 4.03. The van der Waals surface area contributed by atoms with Crippen molar-refractivity contribution in [3.63, 3.8) is 0 Å². The number of nitro groups is 1. The number of amides is 1. The van der Waals surface area contributed by atoms with Crippen LogP contribution in [-0.4, -0.2) is 20.4 Å². The maximum absolute atomic E-state index is 12.1. The van der Waals surface area contributed by atoms with Gasteiger partial charge in [-0.25, -0.2) is 4.98 Å². The third-order valence-corrected chi connectivity index (χ3v) is 5.28. The summed E-state index contributed by atoms with van der Waals surface area (Å²) < 4.78 is 1.56. The number of rotatable bonds is 6. The van der Waals surface area contributed by atoms with E-state index in [1.165, 1.54) is 23.5 Å². The summed E-state index contributed by atoms with van der Waals surface area (Å²) in [5, 5.41) is 17.4. The first-order valence-corrected chi connectivity index (χ1v) is 9.35. The first-order valence-electron chi connectivity index (χ1n) is 7.59. The molecule has 0 unspecified atom stereocenters. The van der Waals surface area contributed by atoms with E-state index in [0.29, 0.717) is 22.9 Å². The molecule has 134 valence electrons. The lowest BCUT2D eigenvalue weighted by atomic mass is 10.1. The summed E-state index contributed by atoms with van der Waals surface area (Å²) in [5.41, 5.74) is 1.97. The molecule has 8 nitrogen and oxygen atoms in total. The topological polar surface area (TPSA) is 107 Å². The van der Waals surface area contributed by atoms with Crippen LogP contribution in [0.1, 0.15) is 12.1 Å². The maximum Gasteiger partial charge on any atom is 0.307 e. The smallest absolute Gasteiger partial charge is 0.303 e. The summed E-state index contributed by atoms with van der Waals surface area (Å²) in [6, 6.07) is 6.16. The molecule has 3 rings (SSSR count). The van der Waals surface area contributed by atoms with Crippen LogP contribution in [0, 0.1) is 17.0 Å². The van der Waals surface area contributed by atoms with Crippen LogP contribution in [0.25, 0.3) is 11.3 Å². The van der Waals surface area contributed by atoms with E-state index in [0.717, 1.165) is 17.0 Å². The van der Waals surface area contributed by atoms with Gasteiger partial charge in [-0.3, -0.25) is 19.7 Å². The summed E-state index contributed by atoms with van der Waals surface area (Å²) in [5.74, 6) is -0.248. The molecule has 0 bridgehead atoms. The molecule has 0 radical (unpaired) electrons. The van der Waals surface area contributed by atoms with Gasteiger partial charge in [-0.2, -0.15) is 0 Å². The molecule has 0 spiro atoms. The van der Waals surface area contributed by atoms with Crippen molar-refractivity contribution < 1.29 is 9.72 Å². The number of nitro benzene ring substituents is 1. The summed E-state index contributed by atoms with van der Waals surface area (Å²) in [7, 11) is 0. The molecule has 0 fully saturated rings. The zero-order chi connectivity index (χ0) is 18.7. The molecule has 0 aliphatic heterocycles. The van der Waals surface area contributed by atoms with E-state index < -0.39 is 4.92 Å². The molecule has 0 saturated heterocycles. The number of hydrogen-bond donors (Lipinski definition) is 1. The Morgan fingerprint density at radius 1 is 1.35 bits per heavy atom. The van der Waals surface area contributed by atoms with Gasteiger partial charge in [-0.1, -0.05) is 23.5 Å². The standard InChI is InChI=1S/C16H14N4O4S2/c1-10-8-26-16(22)19(10)6-5-14(21)18-15-17-13(9-25-15)11-3-2-4-12(7-11)20(23)24/h2-4,7-9H,5-6H2,1H3,(H,17,18,21). The molecule has 0 aliphatic carbocycles. The molecule has 1 N–H and O–H groups in total.